The van der Waals surface area contributed by atoms with Crippen LogP contribution in [0.25, 0.3) is 11.4 Å². The molecule has 2 atom stereocenters. The van der Waals surface area contributed by atoms with Gasteiger partial charge in [-0.2, -0.15) is 4.80 Å². The maximum Gasteiger partial charge on any atom is 0.326 e. The molecule has 2 unspecified atom stereocenters. The van der Waals surface area contributed by atoms with Gasteiger partial charge in [0.1, 0.15) is 11.8 Å². The number of carboxylic acid groups (broad SMARTS) is 1. The zero-order chi connectivity index (χ0) is 18.4. The molecule has 2 N–H and O–H groups in total. The summed E-state index contributed by atoms with van der Waals surface area (Å²) in [6.07, 6.45) is 0.649. The molecule has 1 aromatic carbocycles. The van der Waals surface area contributed by atoms with E-state index in [1.54, 1.807) is 38.2 Å². The van der Waals surface area contributed by atoms with Gasteiger partial charge in [-0.15, -0.1) is 10.2 Å². The number of hydrogen-bond donors (Lipinski definition) is 2. The van der Waals surface area contributed by atoms with Crippen LogP contribution >= 0.6 is 0 Å². The number of carboxylic acids is 1. The molecule has 0 saturated heterocycles. The van der Waals surface area contributed by atoms with Gasteiger partial charge in [0.2, 0.25) is 5.82 Å². The number of ether oxygens (including phenoxy) is 1. The monoisotopic (exact) mass is 347 g/mol. The summed E-state index contributed by atoms with van der Waals surface area (Å²) >= 11 is 0. The van der Waals surface area contributed by atoms with Crippen LogP contribution in [0.4, 0.5) is 0 Å². The third-order valence-electron chi connectivity index (χ3n) is 3.79. The van der Waals surface area contributed by atoms with Crippen molar-refractivity contribution in [2.75, 3.05) is 6.61 Å². The molecule has 0 bridgehead atoms. The van der Waals surface area contributed by atoms with Gasteiger partial charge in [-0.25, -0.2) is 4.79 Å². The summed E-state index contributed by atoms with van der Waals surface area (Å²) in [5.74, 6) is -0.723. The van der Waals surface area contributed by atoms with E-state index < -0.39 is 17.9 Å². The fraction of sp³-hybridized carbons (Fsp3) is 0.438. The lowest BCUT2D eigenvalue weighted by Gasteiger charge is -2.20. The Kier molecular flexibility index (Phi) is 6.04. The molecule has 0 aliphatic heterocycles. The SMILES string of the molecule is CCC(C)C(NC(=O)COc1ccc(-c2nnn(C)n2)cc1)C(=O)O. The van der Waals surface area contributed by atoms with E-state index >= 15 is 0 Å². The van der Waals surface area contributed by atoms with Crippen molar-refractivity contribution in [3.63, 3.8) is 0 Å². The smallest absolute Gasteiger partial charge is 0.326 e. The first-order chi connectivity index (χ1) is 11.9. The van der Waals surface area contributed by atoms with Crippen molar-refractivity contribution in [3.8, 4) is 17.1 Å². The van der Waals surface area contributed by atoms with Crippen LogP contribution in [0.1, 0.15) is 20.3 Å². The molecule has 0 fully saturated rings. The second kappa shape index (κ2) is 8.22. The van der Waals surface area contributed by atoms with Crippen LogP contribution in [-0.4, -0.2) is 49.8 Å². The molecule has 134 valence electrons. The molecule has 0 aliphatic rings. The number of tetrazole rings is 1. The van der Waals surface area contributed by atoms with Crippen LogP contribution in [0.15, 0.2) is 24.3 Å². The highest BCUT2D eigenvalue weighted by Crippen LogP contribution is 2.18. The Morgan fingerprint density at radius 1 is 1.32 bits per heavy atom. The Labute approximate surface area is 145 Å². The summed E-state index contributed by atoms with van der Waals surface area (Å²) in [6, 6.07) is 5.95. The van der Waals surface area contributed by atoms with Gasteiger partial charge < -0.3 is 15.2 Å². The Morgan fingerprint density at radius 2 is 2.00 bits per heavy atom. The largest absolute Gasteiger partial charge is 0.484 e. The average molecular weight is 347 g/mol. The van der Waals surface area contributed by atoms with E-state index in [4.69, 9.17) is 4.74 Å². The standard InChI is InChI=1S/C16H21N5O4/c1-4-10(2)14(16(23)24)17-13(22)9-25-12-7-5-11(6-8-12)15-18-20-21(3)19-15/h5-8,10,14H,4,9H2,1-3H3,(H,17,22)(H,23,24). The van der Waals surface area contributed by atoms with Crippen LogP contribution in [0.5, 0.6) is 5.75 Å². The number of carbonyl (C=O) groups excluding carboxylic acids is 1. The van der Waals surface area contributed by atoms with Gasteiger partial charge in [0.05, 0.1) is 7.05 Å². The van der Waals surface area contributed by atoms with E-state index in [1.165, 1.54) is 4.80 Å². The molecule has 0 aliphatic carbocycles. The number of aryl methyl sites for hydroxylation is 1. The second-order valence-corrected chi connectivity index (χ2v) is 5.68. The van der Waals surface area contributed by atoms with Crippen LogP contribution in [-0.2, 0) is 16.6 Å². The van der Waals surface area contributed by atoms with Crippen molar-refractivity contribution in [2.45, 2.75) is 26.3 Å². The molecule has 9 heteroatoms. The highest BCUT2D eigenvalue weighted by molar-refractivity contribution is 5.84. The fourth-order valence-electron chi connectivity index (χ4n) is 2.15. The fourth-order valence-corrected chi connectivity index (χ4v) is 2.15. The molecule has 0 radical (unpaired) electrons. The summed E-state index contributed by atoms with van der Waals surface area (Å²) in [4.78, 5) is 24.5. The number of amides is 1. The molecular weight excluding hydrogens is 326 g/mol. The topological polar surface area (TPSA) is 119 Å². The van der Waals surface area contributed by atoms with Crippen LogP contribution < -0.4 is 10.1 Å². The van der Waals surface area contributed by atoms with Crippen LogP contribution in [0.2, 0.25) is 0 Å². The molecule has 0 spiro atoms. The predicted molar refractivity (Wildman–Crippen MR) is 88.8 cm³/mol. The molecule has 2 rings (SSSR count). The molecule has 9 nitrogen and oxygen atoms in total. The highest BCUT2D eigenvalue weighted by atomic mass is 16.5. The van der Waals surface area contributed by atoms with Gasteiger partial charge >= 0.3 is 5.97 Å². The first-order valence-corrected chi connectivity index (χ1v) is 7.90. The lowest BCUT2D eigenvalue weighted by atomic mass is 9.99. The van der Waals surface area contributed by atoms with Crippen molar-refractivity contribution in [1.29, 1.82) is 0 Å². The lowest BCUT2D eigenvalue weighted by molar-refractivity contribution is -0.143. The second-order valence-electron chi connectivity index (χ2n) is 5.68. The molecule has 1 heterocycles. The van der Waals surface area contributed by atoms with Crippen molar-refractivity contribution in [2.24, 2.45) is 13.0 Å². The third kappa shape index (κ3) is 5.00. The van der Waals surface area contributed by atoms with E-state index in [-0.39, 0.29) is 12.5 Å². The molecule has 1 aromatic heterocycles. The average Bonchev–Trinajstić information content (AvgIpc) is 3.03. The minimum absolute atomic E-state index is 0.166. The molecular formula is C16H21N5O4. The van der Waals surface area contributed by atoms with E-state index in [0.717, 1.165) is 5.56 Å². The van der Waals surface area contributed by atoms with Crippen molar-refractivity contribution >= 4 is 11.9 Å². The van der Waals surface area contributed by atoms with E-state index in [0.29, 0.717) is 18.0 Å². The third-order valence-corrected chi connectivity index (χ3v) is 3.79. The molecule has 2 aromatic rings. The van der Waals surface area contributed by atoms with Gasteiger partial charge in [0.15, 0.2) is 6.61 Å². The Morgan fingerprint density at radius 3 is 2.52 bits per heavy atom. The van der Waals surface area contributed by atoms with Gasteiger partial charge in [0, 0.05) is 5.56 Å². The number of benzene rings is 1. The predicted octanol–water partition coefficient (Wildman–Crippen LogP) is 0.871. The van der Waals surface area contributed by atoms with Crippen LogP contribution in [0.3, 0.4) is 0 Å². The zero-order valence-electron chi connectivity index (χ0n) is 14.3. The van der Waals surface area contributed by atoms with Gasteiger partial charge in [-0.1, -0.05) is 20.3 Å². The number of hydrogen-bond acceptors (Lipinski definition) is 6. The normalized spacial score (nSPS) is 13.1. The molecule has 1 amide bonds. The summed E-state index contributed by atoms with van der Waals surface area (Å²) in [5, 5.41) is 23.4. The van der Waals surface area contributed by atoms with Crippen molar-refractivity contribution in [1.82, 2.24) is 25.5 Å². The molecule has 25 heavy (non-hydrogen) atoms. The quantitative estimate of drug-likeness (QED) is 0.727. The Hall–Kier alpha value is -2.97. The summed E-state index contributed by atoms with van der Waals surface area (Å²) in [6.45, 7) is 3.39. The van der Waals surface area contributed by atoms with Gasteiger partial charge in [-0.05, 0) is 35.4 Å². The van der Waals surface area contributed by atoms with E-state index in [1.807, 2.05) is 6.92 Å². The first-order valence-electron chi connectivity index (χ1n) is 7.90. The zero-order valence-corrected chi connectivity index (χ0v) is 14.3. The number of nitrogens with zero attached hydrogens (tertiary/aromatic N) is 4. The summed E-state index contributed by atoms with van der Waals surface area (Å²) in [7, 11) is 1.68. The van der Waals surface area contributed by atoms with Gasteiger partial charge in [0.25, 0.3) is 5.91 Å². The van der Waals surface area contributed by atoms with E-state index in [2.05, 4.69) is 20.7 Å². The summed E-state index contributed by atoms with van der Waals surface area (Å²) < 4.78 is 5.39. The Balaban J connectivity index is 1.90. The number of aromatic nitrogens is 4. The minimum Gasteiger partial charge on any atom is -0.484 e. The van der Waals surface area contributed by atoms with Gasteiger partial charge in [-0.3, -0.25) is 4.79 Å². The highest BCUT2D eigenvalue weighted by Gasteiger charge is 2.25. The number of rotatable bonds is 8. The molecule has 0 saturated carbocycles. The van der Waals surface area contributed by atoms with E-state index in [9.17, 15) is 14.7 Å². The Bertz CT molecular complexity index is 728. The summed E-state index contributed by atoms with van der Waals surface area (Å²) in [5.41, 5.74) is 0.771. The minimum atomic E-state index is -1.05. The number of carbonyl (C=O) groups is 2. The van der Waals surface area contributed by atoms with Crippen LogP contribution in [0, 0.1) is 5.92 Å². The van der Waals surface area contributed by atoms with Crippen molar-refractivity contribution < 1.29 is 19.4 Å². The number of nitrogens with one attached hydrogen (secondary N) is 1. The maximum absolute atomic E-state index is 11.9. The van der Waals surface area contributed by atoms with Crippen molar-refractivity contribution in [3.05, 3.63) is 24.3 Å². The first kappa shape index (κ1) is 18.4. The lowest BCUT2D eigenvalue weighted by Crippen LogP contribution is -2.46. The maximum atomic E-state index is 11.9. The number of aliphatic carboxylic acids is 1.